The van der Waals surface area contributed by atoms with Crippen molar-refractivity contribution in [1.29, 1.82) is 0 Å². The van der Waals surface area contributed by atoms with Gasteiger partial charge >= 0.3 is 6.18 Å². The number of aromatic hydroxyl groups is 1. The van der Waals surface area contributed by atoms with Gasteiger partial charge in [-0.3, -0.25) is 0 Å². The average Bonchev–Trinajstić information content (AvgIpc) is 2.31. The zero-order valence-electron chi connectivity index (χ0n) is 9.00. The third-order valence-corrected chi connectivity index (χ3v) is 3.14. The maximum Gasteiger partial charge on any atom is 0.418 e. The van der Waals surface area contributed by atoms with Gasteiger partial charge < -0.3 is 5.11 Å². The predicted molar refractivity (Wildman–Crippen MR) is 66.2 cm³/mol. The summed E-state index contributed by atoms with van der Waals surface area (Å²) in [4.78, 5) is 0. The largest absolute Gasteiger partial charge is 0.507 e. The van der Waals surface area contributed by atoms with Crippen LogP contribution in [0.1, 0.15) is 5.56 Å². The number of benzene rings is 2. The Morgan fingerprint density at radius 1 is 0.944 bits per heavy atom. The SMILES string of the molecule is Oc1ccc(Br)c(C(F)(F)F)c1-c1ccccc1. The Morgan fingerprint density at radius 2 is 1.56 bits per heavy atom. The molecule has 0 saturated heterocycles. The quantitative estimate of drug-likeness (QED) is 0.798. The minimum absolute atomic E-state index is 0.0911. The van der Waals surface area contributed by atoms with Gasteiger partial charge in [0.15, 0.2) is 0 Å². The van der Waals surface area contributed by atoms with Crippen LogP contribution in [-0.2, 0) is 6.18 Å². The van der Waals surface area contributed by atoms with Gasteiger partial charge in [0.2, 0.25) is 0 Å². The minimum Gasteiger partial charge on any atom is -0.507 e. The second kappa shape index (κ2) is 4.65. The lowest BCUT2D eigenvalue weighted by atomic mass is 9.98. The molecule has 94 valence electrons. The molecule has 0 spiro atoms. The average molecular weight is 317 g/mol. The van der Waals surface area contributed by atoms with Crippen LogP contribution in [-0.4, -0.2) is 5.11 Å². The van der Waals surface area contributed by atoms with Crippen molar-refractivity contribution >= 4 is 15.9 Å². The topological polar surface area (TPSA) is 20.2 Å². The van der Waals surface area contributed by atoms with Crippen LogP contribution in [0.4, 0.5) is 13.2 Å². The Bertz CT molecular complexity index is 564. The van der Waals surface area contributed by atoms with Gasteiger partial charge in [-0.2, -0.15) is 13.2 Å². The highest BCUT2D eigenvalue weighted by atomic mass is 79.9. The summed E-state index contributed by atoms with van der Waals surface area (Å²) >= 11 is 2.88. The van der Waals surface area contributed by atoms with E-state index < -0.39 is 17.5 Å². The highest BCUT2D eigenvalue weighted by Gasteiger charge is 2.37. The van der Waals surface area contributed by atoms with Gasteiger partial charge in [0.05, 0.1) is 5.56 Å². The molecule has 1 nitrogen and oxygen atoms in total. The summed E-state index contributed by atoms with van der Waals surface area (Å²) in [5.74, 6) is -0.392. The minimum atomic E-state index is -4.54. The molecule has 18 heavy (non-hydrogen) atoms. The number of phenolic OH excluding ortho intramolecular Hbond substituents is 1. The first-order chi connectivity index (χ1) is 8.41. The van der Waals surface area contributed by atoms with E-state index in [2.05, 4.69) is 15.9 Å². The Labute approximate surface area is 110 Å². The van der Waals surface area contributed by atoms with Gasteiger partial charge in [0.25, 0.3) is 0 Å². The first-order valence-corrected chi connectivity index (χ1v) is 5.84. The molecule has 5 heteroatoms. The zero-order valence-corrected chi connectivity index (χ0v) is 10.6. The summed E-state index contributed by atoms with van der Waals surface area (Å²) in [6.07, 6.45) is -4.54. The maximum absolute atomic E-state index is 13.0. The number of halogens is 4. The summed E-state index contributed by atoms with van der Waals surface area (Å²) in [5, 5.41) is 9.71. The molecular formula is C13H8BrF3O. The van der Waals surface area contributed by atoms with Crippen LogP contribution < -0.4 is 0 Å². The molecule has 2 aromatic rings. The van der Waals surface area contributed by atoms with Crippen LogP contribution in [0.5, 0.6) is 5.75 Å². The molecule has 0 unspecified atom stereocenters. The molecule has 0 aliphatic carbocycles. The molecule has 2 aromatic carbocycles. The van der Waals surface area contributed by atoms with Crippen molar-refractivity contribution in [3.05, 3.63) is 52.5 Å². The van der Waals surface area contributed by atoms with Crippen molar-refractivity contribution in [2.75, 3.05) is 0 Å². The van der Waals surface area contributed by atoms with Crippen molar-refractivity contribution in [2.24, 2.45) is 0 Å². The lowest BCUT2D eigenvalue weighted by Gasteiger charge is -2.16. The molecular weight excluding hydrogens is 309 g/mol. The summed E-state index contributed by atoms with van der Waals surface area (Å²) in [7, 11) is 0. The molecule has 0 saturated carbocycles. The Kier molecular flexibility index (Phi) is 3.34. The first-order valence-electron chi connectivity index (χ1n) is 5.05. The highest BCUT2D eigenvalue weighted by Crippen LogP contribution is 2.45. The fourth-order valence-corrected chi connectivity index (χ4v) is 2.30. The normalized spacial score (nSPS) is 11.6. The van der Waals surface area contributed by atoms with Gasteiger partial charge in [-0.1, -0.05) is 46.3 Å². The standard InChI is InChI=1S/C13H8BrF3O/c14-9-6-7-10(18)11(12(9)13(15,16)17)8-4-2-1-3-5-8/h1-7,18H. The van der Waals surface area contributed by atoms with E-state index in [-0.39, 0.29) is 10.0 Å². The second-order valence-electron chi connectivity index (χ2n) is 3.68. The van der Waals surface area contributed by atoms with E-state index in [1.807, 2.05) is 0 Å². The van der Waals surface area contributed by atoms with E-state index in [0.29, 0.717) is 5.56 Å². The van der Waals surface area contributed by atoms with E-state index in [0.717, 1.165) is 0 Å². The second-order valence-corrected chi connectivity index (χ2v) is 4.53. The number of rotatable bonds is 1. The van der Waals surface area contributed by atoms with Crippen molar-refractivity contribution in [2.45, 2.75) is 6.18 Å². The molecule has 1 N–H and O–H groups in total. The molecule has 0 atom stereocenters. The van der Waals surface area contributed by atoms with Gasteiger partial charge in [-0.15, -0.1) is 0 Å². The predicted octanol–water partition coefficient (Wildman–Crippen LogP) is 4.84. The third-order valence-electron chi connectivity index (χ3n) is 2.48. The Balaban J connectivity index is 2.78. The monoisotopic (exact) mass is 316 g/mol. The summed E-state index contributed by atoms with van der Waals surface area (Å²) < 4.78 is 39.0. The molecule has 0 radical (unpaired) electrons. The Hall–Kier alpha value is -1.49. The van der Waals surface area contributed by atoms with Crippen molar-refractivity contribution < 1.29 is 18.3 Å². The molecule has 0 aliphatic rings. The fraction of sp³-hybridized carbons (Fsp3) is 0.0769. The smallest absolute Gasteiger partial charge is 0.418 e. The van der Waals surface area contributed by atoms with Crippen molar-refractivity contribution in [3.8, 4) is 16.9 Å². The van der Waals surface area contributed by atoms with Crippen LogP contribution in [0.25, 0.3) is 11.1 Å². The first kappa shape index (κ1) is 13.0. The lowest BCUT2D eigenvalue weighted by Crippen LogP contribution is -2.08. The lowest BCUT2D eigenvalue weighted by molar-refractivity contribution is -0.137. The van der Waals surface area contributed by atoms with E-state index in [1.165, 1.54) is 24.3 Å². The number of hydrogen-bond donors (Lipinski definition) is 1. The molecule has 0 heterocycles. The molecule has 0 aromatic heterocycles. The summed E-state index contributed by atoms with van der Waals surface area (Å²) in [6, 6.07) is 10.4. The Morgan fingerprint density at radius 3 is 2.11 bits per heavy atom. The van der Waals surface area contributed by atoms with Gasteiger partial charge in [0, 0.05) is 10.0 Å². The van der Waals surface area contributed by atoms with Crippen LogP contribution in [0.2, 0.25) is 0 Å². The third kappa shape index (κ3) is 2.36. The van der Waals surface area contributed by atoms with E-state index >= 15 is 0 Å². The number of alkyl halides is 3. The van der Waals surface area contributed by atoms with Crippen molar-refractivity contribution in [3.63, 3.8) is 0 Å². The fourth-order valence-electron chi connectivity index (χ4n) is 1.74. The van der Waals surface area contributed by atoms with E-state index in [4.69, 9.17) is 0 Å². The van der Waals surface area contributed by atoms with Gasteiger partial charge in [0.1, 0.15) is 5.75 Å². The van der Waals surface area contributed by atoms with Crippen molar-refractivity contribution in [1.82, 2.24) is 0 Å². The van der Waals surface area contributed by atoms with Crippen LogP contribution in [0.15, 0.2) is 46.9 Å². The molecule has 0 aliphatic heterocycles. The van der Waals surface area contributed by atoms with E-state index in [9.17, 15) is 18.3 Å². The van der Waals surface area contributed by atoms with Gasteiger partial charge in [-0.05, 0) is 17.7 Å². The maximum atomic E-state index is 13.0. The molecule has 0 bridgehead atoms. The zero-order chi connectivity index (χ0) is 13.3. The van der Waals surface area contributed by atoms with E-state index in [1.54, 1.807) is 18.2 Å². The highest BCUT2D eigenvalue weighted by molar-refractivity contribution is 9.10. The number of hydrogen-bond acceptors (Lipinski definition) is 1. The molecule has 0 fully saturated rings. The summed E-state index contributed by atoms with van der Waals surface area (Å²) in [5.41, 5.74) is -0.755. The molecule has 0 amide bonds. The van der Waals surface area contributed by atoms with Crippen LogP contribution >= 0.6 is 15.9 Å². The van der Waals surface area contributed by atoms with Gasteiger partial charge in [-0.25, -0.2) is 0 Å². The van der Waals surface area contributed by atoms with Crippen LogP contribution in [0, 0.1) is 0 Å². The molecule has 2 rings (SSSR count). The summed E-state index contributed by atoms with van der Waals surface area (Å²) in [6.45, 7) is 0. The van der Waals surface area contributed by atoms with Crippen LogP contribution in [0.3, 0.4) is 0 Å². The number of phenols is 1.